The SMILES string of the molecule is CC(CN)CNC(=O)NC1C2CC3CC(C2)CC1C3. The molecule has 4 saturated carbocycles. The molecule has 4 nitrogen and oxygen atoms in total. The highest BCUT2D eigenvalue weighted by Gasteiger charge is 2.48. The van der Waals surface area contributed by atoms with E-state index in [9.17, 15) is 4.79 Å². The second kappa shape index (κ2) is 5.31. The molecule has 19 heavy (non-hydrogen) atoms. The van der Waals surface area contributed by atoms with Crippen LogP contribution in [0.5, 0.6) is 0 Å². The molecule has 0 spiro atoms. The molecule has 4 heteroatoms. The normalized spacial score (nSPS) is 41.1. The standard InChI is InChI=1S/C15H27N3O/c1-9(7-16)8-17-15(19)18-14-12-3-10-2-11(5-12)6-13(14)4-10/h9-14H,2-8,16H2,1H3,(H2,17,18,19). The molecular weight excluding hydrogens is 238 g/mol. The van der Waals surface area contributed by atoms with Crippen molar-refractivity contribution in [2.45, 2.75) is 45.1 Å². The third-order valence-electron chi connectivity index (χ3n) is 5.54. The van der Waals surface area contributed by atoms with Crippen LogP contribution in [0.15, 0.2) is 0 Å². The molecule has 4 aliphatic rings. The fourth-order valence-electron chi connectivity index (χ4n) is 4.71. The summed E-state index contributed by atoms with van der Waals surface area (Å²) in [5, 5.41) is 6.21. The molecule has 0 aromatic carbocycles. The van der Waals surface area contributed by atoms with Crippen molar-refractivity contribution >= 4 is 6.03 Å². The summed E-state index contributed by atoms with van der Waals surface area (Å²) in [7, 11) is 0. The molecule has 2 amide bonds. The summed E-state index contributed by atoms with van der Waals surface area (Å²) in [4.78, 5) is 12.0. The summed E-state index contributed by atoms with van der Waals surface area (Å²) in [6.07, 6.45) is 6.84. The Kier molecular flexibility index (Phi) is 3.70. The van der Waals surface area contributed by atoms with E-state index in [4.69, 9.17) is 5.73 Å². The molecular formula is C15H27N3O. The maximum Gasteiger partial charge on any atom is 0.315 e. The van der Waals surface area contributed by atoms with Crippen LogP contribution in [0.2, 0.25) is 0 Å². The number of nitrogens with two attached hydrogens (primary N) is 1. The summed E-state index contributed by atoms with van der Waals surface area (Å²) < 4.78 is 0. The monoisotopic (exact) mass is 265 g/mol. The zero-order chi connectivity index (χ0) is 13.4. The predicted octanol–water partition coefficient (Wildman–Crippen LogP) is 1.71. The molecule has 0 heterocycles. The summed E-state index contributed by atoms with van der Waals surface area (Å²) in [5.41, 5.74) is 5.57. The molecule has 0 aromatic heterocycles. The summed E-state index contributed by atoms with van der Waals surface area (Å²) in [6, 6.07) is 0.443. The van der Waals surface area contributed by atoms with Gasteiger partial charge in [0.15, 0.2) is 0 Å². The van der Waals surface area contributed by atoms with Gasteiger partial charge in [-0.1, -0.05) is 6.92 Å². The number of nitrogens with one attached hydrogen (secondary N) is 2. The van der Waals surface area contributed by atoms with Crippen LogP contribution in [-0.2, 0) is 0 Å². The second-order valence-corrected chi connectivity index (χ2v) is 7.15. The van der Waals surface area contributed by atoms with Crippen LogP contribution in [0.25, 0.3) is 0 Å². The highest BCUT2D eigenvalue weighted by atomic mass is 16.2. The smallest absolute Gasteiger partial charge is 0.315 e. The van der Waals surface area contributed by atoms with Gasteiger partial charge in [-0.2, -0.15) is 0 Å². The van der Waals surface area contributed by atoms with Crippen molar-refractivity contribution in [2.24, 2.45) is 35.3 Å². The van der Waals surface area contributed by atoms with Gasteiger partial charge >= 0.3 is 6.03 Å². The minimum Gasteiger partial charge on any atom is -0.338 e. The largest absolute Gasteiger partial charge is 0.338 e. The van der Waals surface area contributed by atoms with Crippen LogP contribution < -0.4 is 16.4 Å². The maximum absolute atomic E-state index is 12.0. The summed E-state index contributed by atoms with van der Waals surface area (Å²) in [6.45, 7) is 3.36. The molecule has 4 fully saturated rings. The first-order valence-corrected chi connectivity index (χ1v) is 7.90. The van der Waals surface area contributed by atoms with Gasteiger partial charge in [0.2, 0.25) is 0 Å². The Hall–Kier alpha value is -0.770. The maximum atomic E-state index is 12.0. The van der Waals surface area contributed by atoms with Crippen LogP contribution in [0.4, 0.5) is 4.79 Å². The zero-order valence-corrected chi connectivity index (χ0v) is 11.9. The predicted molar refractivity (Wildman–Crippen MR) is 75.6 cm³/mol. The van der Waals surface area contributed by atoms with Crippen LogP contribution in [0.3, 0.4) is 0 Å². The quantitative estimate of drug-likeness (QED) is 0.724. The molecule has 0 aromatic rings. The number of hydrogen-bond donors (Lipinski definition) is 3. The van der Waals surface area contributed by atoms with E-state index in [0.29, 0.717) is 25.0 Å². The van der Waals surface area contributed by atoms with E-state index in [1.54, 1.807) is 0 Å². The van der Waals surface area contributed by atoms with Crippen LogP contribution in [0.1, 0.15) is 39.0 Å². The molecule has 4 bridgehead atoms. The Balaban J connectivity index is 1.51. The molecule has 1 atom stereocenters. The number of urea groups is 1. The van der Waals surface area contributed by atoms with Crippen LogP contribution in [0, 0.1) is 29.6 Å². The van der Waals surface area contributed by atoms with Gasteiger partial charge in [-0.3, -0.25) is 0 Å². The van der Waals surface area contributed by atoms with Gasteiger partial charge in [0.05, 0.1) is 0 Å². The third kappa shape index (κ3) is 2.73. The topological polar surface area (TPSA) is 67.1 Å². The number of hydrogen-bond acceptors (Lipinski definition) is 2. The number of carbonyl (C=O) groups excluding carboxylic acids is 1. The van der Waals surface area contributed by atoms with Crippen molar-refractivity contribution in [2.75, 3.05) is 13.1 Å². The highest BCUT2D eigenvalue weighted by Crippen LogP contribution is 2.53. The van der Waals surface area contributed by atoms with E-state index in [1.165, 1.54) is 32.1 Å². The molecule has 108 valence electrons. The average Bonchev–Trinajstić information content (AvgIpc) is 2.39. The van der Waals surface area contributed by atoms with Gasteiger partial charge in [-0.15, -0.1) is 0 Å². The van der Waals surface area contributed by atoms with Crippen LogP contribution in [-0.4, -0.2) is 25.2 Å². The lowest BCUT2D eigenvalue weighted by Crippen LogP contribution is -2.57. The Bertz CT molecular complexity index is 316. The minimum atomic E-state index is 0.0118. The second-order valence-electron chi connectivity index (χ2n) is 7.15. The number of rotatable bonds is 4. The van der Waals surface area contributed by atoms with E-state index in [1.807, 2.05) is 0 Å². The summed E-state index contributed by atoms with van der Waals surface area (Å²) in [5.74, 6) is 3.76. The Morgan fingerprint density at radius 2 is 1.74 bits per heavy atom. The van der Waals surface area contributed by atoms with Crippen molar-refractivity contribution in [3.8, 4) is 0 Å². The Labute approximate surface area is 115 Å². The number of carbonyl (C=O) groups is 1. The molecule has 0 saturated heterocycles. The summed E-state index contributed by atoms with van der Waals surface area (Å²) >= 11 is 0. The van der Waals surface area contributed by atoms with Crippen molar-refractivity contribution < 1.29 is 4.79 Å². The van der Waals surface area contributed by atoms with Crippen molar-refractivity contribution in [3.63, 3.8) is 0 Å². The van der Waals surface area contributed by atoms with Gasteiger partial charge in [0.25, 0.3) is 0 Å². The fraction of sp³-hybridized carbons (Fsp3) is 0.933. The average molecular weight is 265 g/mol. The minimum absolute atomic E-state index is 0.0118. The van der Waals surface area contributed by atoms with Gasteiger partial charge < -0.3 is 16.4 Å². The van der Waals surface area contributed by atoms with E-state index in [0.717, 1.165) is 23.7 Å². The van der Waals surface area contributed by atoms with Crippen molar-refractivity contribution in [1.82, 2.24) is 10.6 Å². The van der Waals surface area contributed by atoms with Crippen LogP contribution >= 0.6 is 0 Å². The first-order chi connectivity index (χ1) is 9.15. The zero-order valence-electron chi connectivity index (χ0n) is 11.9. The van der Waals surface area contributed by atoms with Gasteiger partial charge in [0.1, 0.15) is 0 Å². The first-order valence-electron chi connectivity index (χ1n) is 7.90. The lowest BCUT2D eigenvalue weighted by Gasteiger charge is -2.54. The first kappa shape index (κ1) is 13.2. The van der Waals surface area contributed by atoms with Crippen molar-refractivity contribution in [1.29, 1.82) is 0 Å². The van der Waals surface area contributed by atoms with E-state index >= 15 is 0 Å². The van der Waals surface area contributed by atoms with Gasteiger partial charge in [0, 0.05) is 12.6 Å². The lowest BCUT2D eigenvalue weighted by molar-refractivity contribution is -0.00943. The lowest BCUT2D eigenvalue weighted by atomic mass is 9.54. The molecule has 4 N–H and O–H groups in total. The fourth-order valence-corrected chi connectivity index (χ4v) is 4.71. The van der Waals surface area contributed by atoms with E-state index < -0.39 is 0 Å². The van der Waals surface area contributed by atoms with Crippen molar-refractivity contribution in [3.05, 3.63) is 0 Å². The molecule has 4 rings (SSSR count). The molecule has 1 unspecified atom stereocenters. The van der Waals surface area contributed by atoms with Gasteiger partial charge in [-0.05, 0) is 68.2 Å². The number of amides is 2. The molecule has 0 aliphatic heterocycles. The molecule has 0 radical (unpaired) electrons. The van der Waals surface area contributed by atoms with Gasteiger partial charge in [-0.25, -0.2) is 4.79 Å². The highest BCUT2D eigenvalue weighted by molar-refractivity contribution is 5.74. The van der Waals surface area contributed by atoms with E-state index in [-0.39, 0.29) is 6.03 Å². The third-order valence-corrected chi connectivity index (χ3v) is 5.54. The Morgan fingerprint density at radius 1 is 1.16 bits per heavy atom. The molecule has 4 aliphatic carbocycles. The van der Waals surface area contributed by atoms with E-state index in [2.05, 4.69) is 17.6 Å². The Morgan fingerprint density at radius 3 is 2.26 bits per heavy atom.